The first-order valence-electron chi connectivity index (χ1n) is 6.71. The topological polar surface area (TPSA) is 44.9 Å². The molecule has 5 nitrogen and oxygen atoms in total. The molecular formula is C13H19ClN4O. The van der Waals surface area contributed by atoms with Crippen LogP contribution in [-0.4, -0.2) is 32.5 Å². The number of aromatic nitrogens is 4. The first-order chi connectivity index (χ1) is 9.19. The summed E-state index contributed by atoms with van der Waals surface area (Å²) in [5.74, 6) is 1.38. The monoisotopic (exact) mass is 282 g/mol. The molecule has 6 heteroatoms. The summed E-state index contributed by atoms with van der Waals surface area (Å²) in [6.45, 7) is 2.10. The third kappa shape index (κ3) is 1.87. The number of rotatable bonds is 4. The van der Waals surface area contributed by atoms with Gasteiger partial charge in [-0.1, -0.05) is 6.92 Å². The minimum absolute atomic E-state index is 0.365. The molecule has 1 aliphatic carbocycles. The van der Waals surface area contributed by atoms with Gasteiger partial charge in [-0.2, -0.15) is 5.10 Å². The minimum Gasteiger partial charge on any atom is -0.381 e. The van der Waals surface area contributed by atoms with Gasteiger partial charge < -0.3 is 9.30 Å². The Morgan fingerprint density at radius 2 is 2.16 bits per heavy atom. The lowest BCUT2D eigenvalue weighted by molar-refractivity contribution is 0.00645. The van der Waals surface area contributed by atoms with Crippen LogP contribution < -0.4 is 0 Å². The molecule has 0 N–H and O–H groups in total. The van der Waals surface area contributed by atoms with Crippen LogP contribution in [0, 0.1) is 0 Å². The summed E-state index contributed by atoms with van der Waals surface area (Å²) in [6.07, 6.45) is 3.31. The van der Waals surface area contributed by atoms with Crippen molar-refractivity contribution in [2.45, 2.75) is 44.2 Å². The molecular weight excluding hydrogens is 264 g/mol. The van der Waals surface area contributed by atoms with Crippen molar-refractivity contribution in [3.05, 3.63) is 11.5 Å². The minimum atomic E-state index is 0.365. The highest BCUT2D eigenvalue weighted by molar-refractivity contribution is 6.16. The molecule has 1 saturated carbocycles. The predicted octanol–water partition coefficient (Wildman–Crippen LogP) is 2.42. The van der Waals surface area contributed by atoms with Crippen molar-refractivity contribution in [2.75, 3.05) is 7.11 Å². The Hall–Kier alpha value is -1.07. The highest BCUT2D eigenvalue weighted by Crippen LogP contribution is 2.38. The number of alkyl halides is 1. The van der Waals surface area contributed by atoms with E-state index in [1.54, 1.807) is 7.11 Å². The van der Waals surface area contributed by atoms with Crippen molar-refractivity contribution in [3.63, 3.8) is 0 Å². The predicted molar refractivity (Wildman–Crippen MR) is 74.5 cm³/mol. The maximum absolute atomic E-state index is 6.06. The number of fused-ring (bicyclic) bond motifs is 1. The zero-order valence-electron chi connectivity index (χ0n) is 11.6. The van der Waals surface area contributed by atoms with E-state index in [2.05, 4.69) is 21.6 Å². The largest absolute Gasteiger partial charge is 0.381 e. The molecule has 1 aliphatic rings. The normalized spacial score (nSPS) is 22.9. The number of ether oxygens (including phenoxy) is 1. The maximum Gasteiger partial charge on any atom is 0.158 e. The van der Waals surface area contributed by atoms with E-state index in [9.17, 15) is 0 Å². The molecule has 104 valence electrons. The number of methoxy groups -OCH3 is 1. The lowest BCUT2D eigenvalue weighted by atomic mass is 9.89. The van der Waals surface area contributed by atoms with Gasteiger partial charge in [0, 0.05) is 20.2 Å². The molecule has 0 amide bonds. The van der Waals surface area contributed by atoms with Gasteiger partial charge in [0.25, 0.3) is 0 Å². The van der Waals surface area contributed by atoms with Crippen molar-refractivity contribution >= 4 is 22.8 Å². The number of nitrogens with zero attached hydrogens (tertiary/aromatic N) is 4. The average Bonchev–Trinajstić information content (AvgIpc) is 2.87. The summed E-state index contributed by atoms with van der Waals surface area (Å²) in [7, 11) is 3.75. The van der Waals surface area contributed by atoms with E-state index in [0.717, 1.165) is 41.9 Å². The van der Waals surface area contributed by atoms with Crippen LogP contribution in [0.5, 0.6) is 0 Å². The second kappa shape index (κ2) is 4.80. The molecule has 0 radical (unpaired) electrons. The Morgan fingerprint density at radius 1 is 1.42 bits per heavy atom. The molecule has 0 bridgehead atoms. The molecule has 0 aromatic carbocycles. The van der Waals surface area contributed by atoms with E-state index in [-0.39, 0.29) is 0 Å². The first-order valence-corrected chi connectivity index (χ1v) is 7.24. The summed E-state index contributed by atoms with van der Waals surface area (Å²) in [5, 5.41) is 4.54. The zero-order valence-corrected chi connectivity index (χ0v) is 12.3. The van der Waals surface area contributed by atoms with E-state index >= 15 is 0 Å². The highest BCUT2D eigenvalue weighted by atomic mass is 35.5. The summed E-state index contributed by atoms with van der Waals surface area (Å²) >= 11 is 6.06. The SMILES string of the molecule is CCc1nn(C)c2c1nc(CCl)n2C1CC(OC)C1. The number of hydrogen-bond donors (Lipinski definition) is 0. The zero-order chi connectivity index (χ0) is 13.6. The Labute approximate surface area is 117 Å². The van der Waals surface area contributed by atoms with Crippen molar-refractivity contribution in [2.24, 2.45) is 7.05 Å². The molecule has 0 saturated heterocycles. The summed E-state index contributed by atoms with van der Waals surface area (Å²) in [4.78, 5) is 4.68. The van der Waals surface area contributed by atoms with Gasteiger partial charge in [0.05, 0.1) is 17.7 Å². The third-order valence-electron chi connectivity index (χ3n) is 4.03. The molecule has 19 heavy (non-hydrogen) atoms. The van der Waals surface area contributed by atoms with E-state index in [1.807, 2.05) is 11.7 Å². The molecule has 0 spiro atoms. The molecule has 2 aromatic rings. The van der Waals surface area contributed by atoms with Gasteiger partial charge in [0.2, 0.25) is 0 Å². The Morgan fingerprint density at radius 3 is 2.74 bits per heavy atom. The highest BCUT2D eigenvalue weighted by Gasteiger charge is 2.34. The van der Waals surface area contributed by atoms with E-state index in [0.29, 0.717) is 18.0 Å². The van der Waals surface area contributed by atoms with Gasteiger partial charge in [-0.25, -0.2) is 4.98 Å². The summed E-state index contributed by atoms with van der Waals surface area (Å²) in [5.41, 5.74) is 3.14. The fraction of sp³-hybridized carbons (Fsp3) is 0.692. The molecule has 0 aliphatic heterocycles. The van der Waals surface area contributed by atoms with Crippen LogP contribution in [0.25, 0.3) is 11.2 Å². The van der Waals surface area contributed by atoms with Crippen molar-refractivity contribution in [1.29, 1.82) is 0 Å². The van der Waals surface area contributed by atoms with Crippen molar-refractivity contribution < 1.29 is 4.74 Å². The van der Waals surface area contributed by atoms with Gasteiger partial charge in [-0.3, -0.25) is 4.68 Å². The van der Waals surface area contributed by atoms with Crippen molar-refractivity contribution in [1.82, 2.24) is 19.3 Å². The maximum atomic E-state index is 6.06. The van der Waals surface area contributed by atoms with Crippen LogP contribution in [0.1, 0.15) is 37.3 Å². The quantitative estimate of drug-likeness (QED) is 0.809. The molecule has 0 atom stereocenters. The third-order valence-corrected chi connectivity index (χ3v) is 4.27. The molecule has 3 rings (SSSR count). The number of hydrogen-bond acceptors (Lipinski definition) is 3. The molecule has 0 unspecified atom stereocenters. The molecule has 1 fully saturated rings. The van der Waals surface area contributed by atoms with Crippen LogP contribution in [-0.2, 0) is 24.1 Å². The van der Waals surface area contributed by atoms with Gasteiger partial charge >= 0.3 is 0 Å². The second-order valence-corrected chi connectivity index (χ2v) is 5.38. The lowest BCUT2D eigenvalue weighted by Crippen LogP contribution is -2.33. The second-order valence-electron chi connectivity index (χ2n) is 5.11. The molecule has 2 heterocycles. The first kappa shape index (κ1) is 12.9. The Bertz CT molecular complexity index is 597. The summed E-state index contributed by atoms with van der Waals surface area (Å²) in [6, 6.07) is 0.434. The van der Waals surface area contributed by atoms with E-state index in [1.165, 1.54) is 0 Å². The smallest absolute Gasteiger partial charge is 0.158 e. The van der Waals surface area contributed by atoms with E-state index in [4.69, 9.17) is 16.3 Å². The van der Waals surface area contributed by atoms with Gasteiger partial charge in [-0.05, 0) is 19.3 Å². The van der Waals surface area contributed by atoms with Crippen LogP contribution in [0.3, 0.4) is 0 Å². The molecule has 2 aromatic heterocycles. The number of halogens is 1. The van der Waals surface area contributed by atoms with Crippen LogP contribution >= 0.6 is 11.6 Å². The standard InChI is InChI=1S/C13H19ClN4O/c1-4-10-12-13(17(2)16-10)18(11(7-14)15-12)8-5-9(6-8)19-3/h8-9H,4-7H2,1-3H3. The fourth-order valence-electron chi connectivity index (χ4n) is 2.91. The van der Waals surface area contributed by atoms with Crippen LogP contribution in [0.2, 0.25) is 0 Å². The van der Waals surface area contributed by atoms with Crippen LogP contribution in [0.15, 0.2) is 0 Å². The number of imidazole rings is 1. The van der Waals surface area contributed by atoms with Crippen LogP contribution in [0.4, 0.5) is 0 Å². The van der Waals surface area contributed by atoms with Crippen molar-refractivity contribution in [3.8, 4) is 0 Å². The van der Waals surface area contributed by atoms with Gasteiger partial charge in [-0.15, -0.1) is 11.6 Å². The van der Waals surface area contributed by atoms with Gasteiger partial charge in [0.1, 0.15) is 11.3 Å². The Balaban J connectivity index is 2.09. The average molecular weight is 283 g/mol. The fourth-order valence-corrected chi connectivity index (χ4v) is 3.09. The number of aryl methyl sites for hydroxylation is 2. The lowest BCUT2D eigenvalue weighted by Gasteiger charge is -2.36. The Kier molecular flexibility index (Phi) is 3.27. The van der Waals surface area contributed by atoms with Gasteiger partial charge in [0.15, 0.2) is 5.65 Å². The summed E-state index contributed by atoms with van der Waals surface area (Å²) < 4.78 is 9.55. The van der Waals surface area contributed by atoms with E-state index < -0.39 is 0 Å².